The zero-order chi connectivity index (χ0) is 18.1. The maximum Gasteiger partial charge on any atom is 0.320 e. The minimum absolute atomic E-state index is 0.0671. The summed E-state index contributed by atoms with van der Waals surface area (Å²) < 4.78 is 41.3. The second-order valence-electron chi connectivity index (χ2n) is 5.50. The van der Waals surface area contributed by atoms with Crippen LogP contribution in [-0.2, 0) is 0 Å². The fourth-order valence-electron chi connectivity index (χ4n) is 2.62. The summed E-state index contributed by atoms with van der Waals surface area (Å²) in [5, 5.41) is 9.40. The minimum Gasteiger partial charge on any atom is -0.292 e. The molecule has 1 heterocycles. The molecule has 0 unspecified atom stereocenters. The standard InChI is InChI=1S/C18H12F3N3O/c1-10-6-7-11(8-13(10)19)16(25)12(9-22)17-23-14-4-2-3-5-15(14)24(17)18(20)21/h2-8,12,18H,1H3/t12-/m0/s1. The first-order chi connectivity index (χ1) is 11.9. The number of carbonyl (C=O) groups is 1. The molecule has 2 aromatic carbocycles. The van der Waals surface area contributed by atoms with E-state index in [1.54, 1.807) is 18.2 Å². The first kappa shape index (κ1) is 16.7. The van der Waals surface area contributed by atoms with Crippen molar-refractivity contribution in [3.63, 3.8) is 0 Å². The molecule has 0 aliphatic carbocycles. The van der Waals surface area contributed by atoms with Crippen LogP contribution in [0, 0.1) is 24.1 Å². The van der Waals surface area contributed by atoms with E-state index in [9.17, 15) is 23.2 Å². The molecule has 0 bridgehead atoms. The van der Waals surface area contributed by atoms with Gasteiger partial charge >= 0.3 is 6.55 Å². The molecule has 4 nitrogen and oxygen atoms in total. The largest absolute Gasteiger partial charge is 0.320 e. The highest BCUT2D eigenvalue weighted by atomic mass is 19.3. The van der Waals surface area contributed by atoms with E-state index in [1.807, 2.05) is 0 Å². The summed E-state index contributed by atoms with van der Waals surface area (Å²) in [5.41, 5.74) is 0.643. The maximum atomic E-state index is 13.7. The number of halogens is 3. The predicted molar refractivity (Wildman–Crippen MR) is 84.8 cm³/mol. The average Bonchev–Trinajstić information content (AvgIpc) is 2.97. The number of benzene rings is 2. The van der Waals surface area contributed by atoms with Gasteiger partial charge in [-0.15, -0.1) is 0 Å². The van der Waals surface area contributed by atoms with E-state index < -0.39 is 24.1 Å². The molecule has 0 N–H and O–H groups in total. The average molecular weight is 343 g/mol. The van der Waals surface area contributed by atoms with Crippen LogP contribution in [0.1, 0.15) is 34.2 Å². The van der Waals surface area contributed by atoms with Crippen LogP contribution in [0.5, 0.6) is 0 Å². The molecular weight excluding hydrogens is 331 g/mol. The smallest absolute Gasteiger partial charge is 0.292 e. The molecule has 0 aliphatic heterocycles. The third-order valence-corrected chi connectivity index (χ3v) is 3.92. The molecular formula is C18H12F3N3O. The van der Waals surface area contributed by atoms with E-state index in [-0.39, 0.29) is 22.4 Å². The van der Waals surface area contributed by atoms with E-state index in [4.69, 9.17) is 0 Å². The van der Waals surface area contributed by atoms with Gasteiger partial charge in [0.2, 0.25) is 0 Å². The van der Waals surface area contributed by atoms with Gasteiger partial charge in [0.05, 0.1) is 17.1 Å². The van der Waals surface area contributed by atoms with Crippen LogP contribution < -0.4 is 0 Å². The molecule has 1 aromatic heterocycles. The van der Waals surface area contributed by atoms with Gasteiger partial charge < -0.3 is 0 Å². The van der Waals surface area contributed by atoms with Gasteiger partial charge in [-0.25, -0.2) is 9.37 Å². The first-order valence-electron chi connectivity index (χ1n) is 7.39. The third-order valence-electron chi connectivity index (χ3n) is 3.92. The quantitative estimate of drug-likeness (QED) is 0.661. The zero-order valence-electron chi connectivity index (χ0n) is 13.1. The molecule has 1 atom stereocenters. The topological polar surface area (TPSA) is 58.7 Å². The normalized spacial score (nSPS) is 12.3. The number of hydrogen-bond acceptors (Lipinski definition) is 3. The van der Waals surface area contributed by atoms with Crippen LogP contribution in [0.4, 0.5) is 13.2 Å². The molecule has 0 saturated heterocycles. The molecule has 0 saturated carbocycles. The molecule has 0 amide bonds. The number of carbonyl (C=O) groups excluding carboxylic acids is 1. The number of aromatic nitrogens is 2. The van der Waals surface area contributed by atoms with Gasteiger partial charge in [-0.05, 0) is 30.7 Å². The summed E-state index contributed by atoms with van der Waals surface area (Å²) in [6.45, 7) is -1.44. The van der Waals surface area contributed by atoms with Crippen molar-refractivity contribution in [3.05, 3.63) is 65.2 Å². The summed E-state index contributed by atoms with van der Waals surface area (Å²) in [6, 6.07) is 11.6. The number of para-hydroxylation sites is 2. The molecule has 0 fully saturated rings. The van der Waals surface area contributed by atoms with E-state index in [1.165, 1.54) is 31.2 Å². The Morgan fingerprint density at radius 1 is 1.24 bits per heavy atom. The minimum atomic E-state index is -2.97. The number of hydrogen-bond donors (Lipinski definition) is 0. The van der Waals surface area contributed by atoms with Crippen molar-refractivity contribution in [3.8, 4) is 6.07 Å². The van der Waals surface area contributed by atoms with Gasteiger partial charge in [0.1, 0.15) is 11.6 Å². The Morgan fingerprint density at radius 3 is 2.60 bits per heavy atom. The van der Waals surface area contributed by atoms with Crippen LogP contribution in [0.3, 0.4) is 0 Å². The summed E-state index contributed by atoms with van der Waals surface area (Å²) in [5.74, 6) is -3.31. The number of Topliss-reactive ketones (excluding diaryl/α,β-unsaturated/α-hetero) is 1. The Balaban J connectivity index is 2.14. The maximum absolute atomic E-state index is 13.7. The number of fused-ring (bicyclic) bond motifs is 1. The fourth-order valence-corrected chi connectivity index (χ4v) is 2.62. The van der Waals surface area contributed by atoms with Crippen molar-refractivity contribution in [2.24, 2.45) is 0 Å². The highest BCUT2D eigenvalue weighted by Gasteiger charge is 2.30. The second-order valence-corrected chi connectivity index (χ2v) is 5.50. The number of nitriles is 1. The number of alkyl halides is 2. The van der Waals surface area contributed by atoms with E-state index in [2.05, 4.69) is 4.98 Å². The molecule has 25 heavy (non-hydrogen) atoms. The number of imidazole rings is 1. The first-order valence-corrected chi connectivity index (χ1v) is 7.39. The Kier molecular flexibility index (Phi) is 4.28. The van der Waals surface area contributed by atoms with Gasteiger partial charge in [0.25, 0.3) is 0 Å². The van der Waals surface area contributed by atoms with E-state index in [0.717, 1.165) is 6.07 Å². The van der Waals surface area contributed by atoms with Gasteiger partial charge in [-0.1, -0.05) is 24.3 Å². The summed E-state index contributed by atoms with van der Waals surface area (Å²) in [7, 11) is 0. The van der Waals surface area contributed by atoms with Crippen LogP contribution >= 0.6 is 0 Å². The fraction of sp³-hybridized carbons (Fsp3) is 0.167. The molecule has 0 aliphatic rings. The Morgan fingerprint density at radius 2 is 1.96 bits per heavy atom. The van der Waals surface area contributed by atoms with Crippen molar-refractivity contribution in [1.29, 1.82) is 5.26 Å². The number of ketones is 1. The molecule has 3 aromatic rings. The third kappa shape index (κ3) is 2.87. The Bertz CT molecular complexity index is 1000. The summed E-state index contributed by atoms with van der Waals surface area (Å²) >= 11 is 0. The lowest BCUT2D eigenvalue weighted by atomic mass is 9.97. The Labute approximate surface area is 141 Å². The molecule has 7 heteroatoms. The predicted octanol–water partition coefficient (Wildman–Crippen LogP) is 4.37. The van der Waals surface area contributed by atoms with Crippen LogP contribution in [0.15, 0.2) is 42.5 Å². The lowest BCUT2D eigenvalue weighted by Crippen LogP contribution is -2.17. The number of aryl methyl sites for hydroxylation is 1. The van der Waals surface area contributed by atoms with Gasteiger partial charge in [0.15, 0.2) is 11.7 Å². The lowest BCUT2D eigenvalue weighted by molar-refractivity contribution is 0.0701. The van der Waals surface area contributed by atoms with Crippen molar-refractivity contribution < 1.29 is 18.0 Å². The number of rotatable bonds is 4. The van der Waals surface area contributed by atoms with Crippen molar-refractivity contribution in [2.75, 3.05) is 0 Å². The van der Waals surface area contributed by atoms with Gasteiger partial charge in [-0.2, -0.15) is 14.0 Å². The molecule has 0 spiro atoms. The van der Waals surface area contributed by atoms with Crippen molar-refractivity contribution in [2.45, 2.75) is 19.4 Å². The summed E-state index contributed by atoms with van der Waals surface area (Å²) in [6.07, 6.45) is 0. The van der Waals surface area contributed by atoms with Crippen LogP contribution in [0.25, 0.3) is 11.0 Å². The highest BCUT2D eigenvalue weighted by molar-refractivity contribution is 6.02. The highest BCUT2D eigenvalue weighted by Crippen LogP contribution is 2.29. The SMILES string of the molecule is Cc1ccc(C(=O)[C@H](C#N)c2nc3ccccc3n2C(F)F)cc1F. The van der Waals surface area contributed by atoms with Crippen LogP contribution in [-0.4, -0.2) is 15.3 Å². The zero-order valence-corrected chi connectivity index (χ0v) is 13.1. The molecule has 3 rings (SSSR count). The Hall–Kier alpha value is -3.14. The summed E-state index contributed by atoms with van der Waals surface area (Å²) in [4.78, 5) is 16.6. The van der Waals surface area contributed by atoms with E-state index >= 15 is 0 Å². The monoisotopic (exact) mass is 343 g/mol. The molecule has 0 radical (unpaired) electrons. The van der Waals surface area contributed by atoms with Gasteiger partial charge in [-0.3, -0.25) is 9.36 Å². The number of nitrogens with zero attached hydrogens (tertiary/aromatic N) is 3. The van der Waals surface area contributed by atoms with Crippen molar-refractivity contribution in [1.82, 2.24) is 9.55 Å². The van der Waals surface area contributed by atoms with Crippen LogP contribution in [0.2, 0.25) is 0 Å². The van der Waals surface area contributed by atoms with E-state index in [0.29, 0.717) is 10.1 Å². The van der Waals surface area contributed by atoms with Gasteiger partial charge in [0, 0.05) is 5.56 Å². The molecule has 126 valence electrons. The van der Waals surface area contributed by atoms with Crippen molar-refractivity contribution >= 4 is 16.8 Å². The lowest BCUT2D eigenvalue weighted by Gasteiger charge is -2.12. The second kappa shape index (κ2) is 6.40.